The van der Waals surface area contributed by atoms with E-state index in [0.29, 0.717) is 6.54 Å². The number of hydrogen-bond acceptors (Lipinski definition) is 2. The highest BCUT2D eigenvalue weighted by Gasteiger charge is 1.92. The van der Waals surface area contributed by atoms with E-state index in [1.807, 2.05) is 19.1 Å². The second-order valence-electron chi connectivity index (χ2n) is 2.62. The van der Waals surface area contributed by atoms with Crippen molar-refractivity contribution < 1.29 is 4.74 Å². The molecule has 0 heterocycles. The van der Waals surface area contributed by atoms with E-state index in [0.717, 1.165) is 18.8 Å². The van der Waals surface area contributed by atoms with Crippen molar-refractivity contribution >= 4 is 0 Å². The topological polar surface area (TPSA) is 35.2 Å². The molecule has 0 amide bonds. The Balaban J connectivity index is 2.58. The van der Waals surface area contributed by atoms with Gasteiger partial charge in [0.2, 0.25) is 0 Å². The van der Waals surface area contributed by atoms with Crippen molar-refractivity contribution in [1.29, 1.82) is 0 Å². The van der Waals surface area contributed by atoms with Crippen LogP contribution in [-0.2, 0) is 6.42 Å². The summed E-state index contributed by atoms with van der Waals surface area (Å²) < 4.78 is 5.31. The van der Waals surface area contributed by atoms with E-state index < -0.39 is 0 Å². The highest BCUT2D eigenvalue weighted by atomic mass is 16.5. The van der Waals surface area contributed by atoms with Crippen molar-refractivity contribution in [3.05, 3.63) is 29.8 Å². The van der Waals surface area contributed by atoms with Crippen LogP contribution in [0.15, 0.2) is 24.3 Å². The van der Waals surface area contributed by atoms with E-state index in [2.05, 4.69) is 12.1 Å². The van der Waals surface area contributed by atoms with E-state index in [9.17, 15) is 0 Å². The lowest BCUT2D eigenvalue weighted by Crippen LogP contribution is -2.02. The van der Waals surface area contributed by atoms with Crippen LogP contribution in [0.1, 0.15) is 12.5 Å². The lowest BCUT2D eigenvalue weighted by Gasteiger charge is -2.03. The number of benzene rings is 1. The van der Waals surface area contributed by atoms with Gasteiger partial charge in [-0.2, -0.15) is 0 Å². The van der Waals surface area contributed by atoms with Crippen LogP contribution in [0.25, 0.3) is 0 Å². The van der Waals surface area contributed by atoms with E-state index in [-0.39, 0.29) is 0 Å². The Morgan fingerprint density at radius 2 is 1.92 bits per heavy atom. The maximum atomic E-state index is 5.43. The zero-order valence-corrected chi connectivity index (χ0v) is 7.42. The van der Waals surface area contributed by atoms with Crippen molar-refractivity contribution in [2.75, 3.05) is 13.2 Å². The van der Waals surface area contributed by atoms with Crippen molar-refractivity contribution in [2.45, 2.75) is 13.3 Å². The Labute approximate surface area is 73.3 Å². The molecule has 0 radical (unpaired) electrons. The molecule has 0 atom stereocenters. The minimum Gasteiger partial charge on any atom is -0.494 e. The molecular formula is C10H15NO. The molecule has 0 fully saturated rings. The SMILES string of the molecule is CCOc1ccc(CCN)cc1. The molecule has 0 aliphatic rings. The number of nitrogens with two attached hydrogens (primary N) is 1. The first kappa shape index (κ1) is 9.07. The van der Waals surface area contributed by atoms with Crippen LogP contribution < -0.4 is 10.5 Å². The van der Waals surface area contributed by atoms with Gasteiger partial charge in [0.1, 0.15) is 5.75 Å². The number of ether oxygens (including phenoxy) is 1. The van der Waals surface area contributed by atoms with Gasteiger partial charge in [-0.25, -0.2) is 0 Å². The van der Waals surface area contributed by atoms with Crippen molar-refractivity contribution in [2.24, 2.45) is 5.73 Å². The summed E-state index contributed by atoms with van der Waals surface area (Å²) in [7, 11) is 0. The lowest BCUT2D eigenvalue weighted by atomic mass is 10.1. The summed E-state index contributed by atoms with van der Waals surface area (Å²) in [5.41, 5.74) is 6.69. The average Bonchev–Trinajstić information content (AvgIpc) is 2.09. The quantitative estimate of drug-likeness (QED) is 0.735. The summed E-state index contributed by atoms with van der Waals surface area (Å²) in [6.45, 7) is 3.40. The van der Waals surface area contributed by atoms with E-state index in [1.54, 1.807) is 0 Å². The third kappa shape index (κ3) is 2.55. The van der Waals surface area contributed by atoms with Crippen LogP contribution in [0, 0.1) is 0 Å². The van der Waals surface area contributed by atoms with Crippen molar-refractivity contribution in [3.8, 4) is 5.75 Å². The van der Waals surface area contributed by atoms with Gasteiger partial charge in [-0.3, -0.25) is 0 Å². The standard InChI is InChI=1S/C10H15NO/c1-2-12-10-5-3-9(4-6-10)7-8-11/h3-6H,2,7-8,11H2,1H3. The van der Waals surface area contributed by atoms with Crippen LogP contribution >= 0.6 is 0 Å². The Bertz CT molecular complexity index is 193. The highest BCUT2D eigenvalue weighted by molar-refractivity contribution is 5.27. The van der Waals surface area contributed by atoms with Crippen LogP contribution in [0.5, 0.6) is 5.75 Å². The fourth-order valence-corrected chi connectivity index (χ4v) is 1.09. The summed E-state index contributed by atoms with van der Waals surface area (Å²) in [6, 6.07) is 8.07. The molecule has 0 spiro atoms. The fraction of sp³-hybridized carbons (Fsp3) is 0.400. The van der Waals surface area contributed by atoms with Gasteiger partial charge in [0, 0.05) is 0 Å². The van der Waals surface area contributed by atoms with Gasteiger partial charge in [0.15, 0.2) is 0 Å². The molecule has 2 heteroatoms. The van der Waals surface area contributed by atoms with Gasteiger partial charge in [0.05, 0.1) is 6.61 Å². The number of hydrogen-bond donors (Lipinski definition) is 1. The molecule has 1 aromatic carbocycles. The number of rotatable bonds is 4. The molecule has 0 aliphatic carbocycles. The molecule has 2 N–H and O–H groups in total. The zero-order chi connectivity index (χ0) is 8.81. The summed E-state index contributed by atoms with van der Waals surface area (Å²) >= 11 is 0. The zero-order valence-electron chi connectivity index (χ0n) is 7.42. The van der Waals surface area contributed by atoms with Gasteiger partial charge in [-0.15, -0.1) is 0 Å². The Kier molecular flexibility index (Phi) is 3.61. The predicted molar refractivity (Wildman–Crippen MR) is 50.4 cm³/mol. The summed E-state index contributed by atoms with van der Waals surface area (Å²) in [5, 5.41) is 0. The largest absolute Gasteiger partial charge is 0.494 e. The van der Waals surface area contributed by atoms with Gasteiger partial charge < -0.3 is 10.5 Å². The van der Waals surface area contributed by atoms with Crippen LogP contribution in [0.2, 0.25) is 0 Å². The molecule has 0 unspecified atom stereocenters. The molecule has 0 aliphatic heterocycles. The second-order valence-corrected chi connectivity index (χ2v) is 2.62. The second kappa shape index (κ2) is 4.78. The molecule has 0 bridgehead atoms. The molecule has 0 saturated heterocycles. The molecule has 1 aromatic rings. The maximum absolute atomic E-state index is 5.43. The first-order valence-electron chi connectivity index (χ1n) is 4.28. The molecular weight excluding hydrogens is 150 g/mol. The molecule has 12 heavy (non-hydrogen) atoms. The minimum atomic E-state index is 0.702. The minimum absolute atomic E-state index is 0.702. The highest BCUT2D eigenvalue weighted by Crippen LogP contribution is 2.11. The van der Waals surface area contributed by atoms with Crippen LogP contribution in [0.4, 0.5) is 0 Å². The Morgan fingerprint density at radius 3 is 2.42 bits per heavy atom. The summed E-state index contributed by atoms with van der Waals surface area (Å²) in [6.07, 6.45) is 0.937. The van der Waals surface area contributed by atoms with Gasteiger partial charge in [-0.05, 0) is 37.6 Å². The Morgan fingerprint density at radius 1 is 1.25 bits per heavy atom. The fourth-order valence-electron chi connectivity index (χ4n) is 1.09. The van der Waals surface area contributed by atoms with E-state index in [4.69, 9.17) is 10.5 Å². The van der Waals surface area contributed by atoms with Gasteiger partial charge >= 0.3 is 0 Å². The molecule has 2 nitrogen and oxygen atoms in total. The normalized spacial score (nSPS) is 9.83. The molecule has 66 valence electrons. The smallest absolute Gasteiger partial charge is 0.119 e. The Hall–Kier alpha value is -1.02. The molecule has 1 rings (SSSR count). The van der Waals surface area contributed by atoms with E-state index in [1.165, 1.54) is 5.56 Å². The predicted octanol–water partition coefficient (Wildman–Crippen LogP) is 1.59. The van der Waals surface area contributed by atoms with Crippen molar-refractivity contribution in [1.82, 2.24) is 0 Å². The van der Waals surface area contributed by atoms with Gasteiger partial charge in [0.25, 0.3) is 0 Å². The third-order valence-electron chi connectivity index (χ3n) is 1.67. The van der Waals surface area contributed by atoms with E-state index >= 15 is 0 Å². The first-order chi connectivity index (χ1) is 5.86. The van der Waals surface area contributed by atoms with Crippen LogP contribution in [0.3, 0.4) is 0 Å². The molecule has 0 aromatic heterocycles. The van der Waals surface area contributed by atoms with Gasteiger partial charge in [-0.1, -0.05) is 12.1 Å². The summed E-state index contributed by atoms with van der Waals surface area (Å²) in [4.78, 5) is 0. The summed E-state index contributed by atoms with van der Waals surface area (Å²) in [5.74, 6) is 0.929. The van der Waals surface area contributed by atoms with Crippen LogP contribution in [-0.4, -0.2) is 13.2 Å². The van der Waals surface area contributed by atoms with Crippen molar-refractivity contribution in [3.63, 3.8) is 0 Å². The monoisotopic (exact) mass is 165 g/mol. The average molecular weight is 165 g/mol. The molecule has 0 saturated carbocycles. The lowest BCUT2D eigenvalue weighted by molar-refractivity contribution is 0.340. The maximum Gasteiger partial charge on any atom is 0.119 e. The third-order valence-corrected chi connectivity index (χ3v) is 1.67. The first-order valence-corrected chi connectivity index (χ1v) is 4.28.